The van der Waals surface area contributed by atoms with Crippen LogP contribution in [0, 0.1) is 5.92 Å². The van der Waals surface area contributed by atoms with Gasteiger partial charge in [0.25, 0.3) is 0 Å². The molecule has 0 bridgehead atoms. The number of amides is 1. The van der Waals surface area contributed by atoms with Crippen molar-refractivity contribution in [1.29, 1.82) is 0 Å². The third-order valence-corrected chi connectivity index (χ3v) is 3.30. The molecule has 1 fully saturated rings. The van der Waals surface area contributed by atoms with Crippen LogP contribution in [0.5, 0.6) is 0 Å². The maximum atomic E-state index is 11.7. The SMILES string of the molecule is CCOC1CC(CC(=O)N[C@@H](CC(=O)OC)C(=O)O)C1. The summed E-state index contributed by atoms with van der Waals surface area (Å²) in [6.07, 6.45) is 1.73. The summed E-state index contributed by atoms with van der Waals surface area (Å²) in [6.45, 7) is 2.58. The lowest BCUT2D eigenvalue weighted by atomic mass is 9.80. The zero-order chi connectivity index (χ0) is 15.1. The van der Waals surface area contributed by atoms with Gasteiger partial charge in [-0.1, -0.05) is 0 Å². The number of aliphatic carboxylic acids is 1. The summed E-state index contributed by atoms with van der Waals surface area (Å²) in [7, 11) is 1.17. The van der Waals surface area contributed by atoms with Gasteiger partial charge in [0.05, 0.1) is 19.6 Å². The molecule has 0 aromatic rings. The number of esters is 1. The van der Waals surface area contributed by atoms with Crippen LogP contribution in [0.4, 0.5) is 0 Å². The van der Waals surface area contributed by atoms with Crippen molar-refractivity contribution in [2.45, 2.75) is 44.8 Å². The van der Waals surface area contributed by atoms with Gasteiger partial charge in [0, 0.05) is 13.0 Å². The Hall–Kier alpha value is -1.63. The van der Waals surface area contributed by atoms with E-state index in [1.165, 1.54) is 7.11 Å². The summed E-state index contributed by atoms with van der Waals surface area (Å²) < 4.78 is 9.79. The van der Waals surface area contributed by atoms with Gasteiger partial charge in [0.1, 0.15) is 6.04 Å². The topological polar surface area (TPSA) is 102 Å². The number of carbonyl (C=O) groups excluding carboxylic acids is 2. The highest BCUT2D eigenvalue weighted by Crippen LogP contribution is 2.32. The van der Waals surface area contributed by atoms with Crippen molar-refractivity contribution in [2.24, 2.45) is 5.92 Å². The third kappa shape index (κ3) is 5.16. The minimum Gasteiger partial charge on any atom is -0.480 e. The summed E-state index contributed by atoms with van der Waals surface area (Å²) in [4.78, 5) is 33.7. The first-order valence-corrected chi connectivity index (χ1v) is 6.66. The highest BCUT2D eigenvalue weighted by atomic mass is 16.5. The molecule has 1 amide bonds. The van der Waals surface area contributed by atoms with E-state index in [9.17, 15) is 14.4 Å². The van der Waals surface area contributed by atoms with Crippen LogP contribution < -0.4 is 5.32 Å². The Balaban J connectivity index is 2.32. The number of carboxylic acids is 1. The van der Waals surface area contributed by atoms with Gasteiger partial charge < -0.3 is 19.9 Å². The molecule has 1 saturated carbocycles. The van der Waals surface area contributed by atoms with Crippen LogP contribution >= 0.6 is 0 Å². The first-order chi connectivity index (χ1) is 9.46. The number of carbonyl (C=O) groups is 3. The Labute approximate surface area is 117 Å². The second-order valence-corrected chi connectivity index (χ2v) is 4.86. The van der Waals surface area contributed by atoms with E-state index in [0.717, 1.165) is 12.8 Å². The molecule has 1 atom stereocenters. The van der Waals surface area contributed by atoms with Crippen molar-refractivity contribution in [3.63, 3.8) is 0 Å². The van der Waals surface area contributed by atoms with E-state index in [0.29, 0.717) is 6.61 Å². The van der Waals surface area contributed by atoms with Crippen LogP contribution in [-0.2, 0) is 23.9 Å². The molecule has 1 aliphatic rings. The number of carboxylic acid groups (broad SMARTS) is 1. The van der Waals surface area contributed by atoms with E-state index in [2.05, 4.69) is 10.1 Å². The van der Waals surface area contributed by atoms with Crippen molar-refractivity contribution >= 4 is 17.8 Å². The van der Waals surface area contributed by atoms with E-state index in [4.69, 9.17) is 9.84 Å². The normalized spacial score (nSPS) is 22.5. The molecular formula is C13H21NO6. The molecule has 1 aliphatic carbocycles. The first-order valence-electron chi connectivity index (χ1n) is 6.66. The zero-order valence-corrected chi connectivity index (χ0v) is 11.8. The lowest BCUT2D eigenvalue weighted by Crippen LogP contribution is -2.44. The Morgan fingerprint density at radius 3 is 2.50 bits per heavy atom. The van der Waals surface area contributed by atoms with E-state index in [1.807, 2.05) is 6.92 Å². The molecule has 0 aliphatic heterocycles. The quantitative estimate of drug-likeness (QED) is 0.623. The van der Waals surface area contributed by atoms with Crippen LogP contribution in [0.3, 0.4) is 0 Å². The van der Waals surface area contributed by atoms with Crippen molar-refractivity contribution in [1.82, 2.24) is 5.32 Å². The van der Waals surface area contributed by atoms with Crippen LogP contribution in [0.1, 0.15) is 32.6 Å². The fourth-order valence-electron chi connectivity index (χ4n) is 2.18. The highest BCUT2D eigenvalue weighted by molar-refractivity contribution is 5.87. The zero-order valence-electron chi connectivity index (χ0n) is 11.8. The second kappa shape index (κ2) is 7.84. The van der Waals surface area contributed by atoms with Crippen LogP contribution in [0.25, 0.3) is 0 Å². The largest absolute Gasteiger partial charge is 0.480 e. The molecule has 0 saturated heterocycles. The fourth-order valence-corrected chi connectivity index (χ4v) is 2.18. The van der Waals surface area contributed by atoms with Crippen molar-refractivity contribution in [3.05, 3.63) is 0 Å². The Morgan fingerprint density at radius 1 is 1.35 bits per heavy atom. The molecule has 0 heterocycles. The van der Waals surface area contributed by atoms with E-state index in [-0.39, 0.29) is 30.8 Å². The summed E-state index contributed by atoms with van der Waals surface area (Å²) in [5, 5.41) is 11.3. The summed E-state index contributed by atoms with van der Waals surface area (Å²) in [6, 6.07) is -1.24. The molecule has 1 rings (SSSR count). The third-order valence-electron chi connectivity index (χ3n) is 3.30. The summed E-state index contributed by atoms with van der Waals surface area (Å²) in [5.74, 6) is -2.05. The van der Waals surface area contributed by atoms with Crippen molar-refractivity contribution < 1.29 is 29.0 Å². The molecule has 0 radical (unpaired) electrons. The molecule has 0 unspecified atom stereocenters. The molecular weight excluding hydrogens is 266 g/mol. The van der Waals surface area contributed by atoms with Crippen LogP contribution in [-0.4, -0.2) is 48.8 Å². The predicted octanol–water partition coefficient (Wildman–Crippen LogP) is 0.324. The van der Waals surface area contributed by atoms with E-state index in [1.54, 1.807) is 0 Å². The Bertz CT molecular complexity index is 364. The van der Waals surface area contributed by atoms with E-state index >= 15 is 0 Å². The molecule has 0 aromatic carbocycles. The van der Waals surface area contributed by atoms with Crippen molar-refractivity contribution in [3.8, 4) is 0 Å². The fraction of sp³-hybridized carbons (Fsp3) is 0.769. The smallest absolute Gasteiger partial charge is 0.326 e. The first kappa shape index (κ1) is 16.4. The van der Waals surface area contributed by atoms with Gasteiger partial charge in [0.2, 0.25) is 5.91 Å². The molecule has 0 spiro atoms. The van der Waals surface area contributed by atoms with Gasteiger partial charge in [-0.05, 0) is 25.7 Å². The minimum absolute atomic E-state index is 0.211. The molecule has 2 N–H and O–H groups in total. The number of hydrogen-bond donors (Lipinski definition) is 2. The Kier molecular flexibility index (Phi) is 6.44. The van der Waals surface area contributed by atoms with Crippen LogP contribution in [0.2, 0.25) is 0 Å². The number of rotatable bonds is 8. The summed E-state index contributed by atoms with van der Waals surface area (Å²) in [5.41, 5.74) is 0. The monoisotopic (exact) mass is 287 g/mol. The van der Waals surface area contributed by atoms with Gasteiger partial charge >= 0.3 is 11.9 Å². The number of methoxy groups -OCH3 is 1. The van der Waals surface area contributed by atoms with Gasteiger partial charge in [-0.2, -0.15) is 0 Å². The highest BCUT2D eigenvalue weighted by Gasteiger charge is 2.32. The molecule has 0 aromatic heterocycles. The average molecular weight is 287 g/mol. The second-order valence-electron chi connectivity index (χ2n) is 4.86. The van der Waals surface area contributed by atoms with Crippen LogP contribution in [0.15, 0.2) is 0 Å². The van der Waals surface area contributed by atoms with Gasteiger partial charge in [-0.25, -0.2) is 4.79 Å². The average Bonchev–Trinajstić information content (AvgIpc) is 2.35. The minimum atomic E-state index is -1.25. The predicted molar refractivity (Wildman–Crippen MR) is 69.0 cm³/mol. The summed E-state index contributed by atoms with van der Waals surface area (Å²) >= 11 is 0. The molecule has 20 heavy (non-hydrogen) atoms. The molecule has 7 nitrogen and oxygen atoms in total. The van der Waals surface area contributed by atoms with Gasteiger partial charge in [-0.3, -0.25) is 9.59 Å². The van der Waals surface area contributed by atoms with E-state index < -0.39 is 18.0 Å². The maximum absolute atomic E-state index is 11.7. The van der Waals surface area contributed by atoms with Crippen molar-refractivity contribution in [2.75, 3.05) is 13.7 Å². The maximum Gasteiger partial charge on any atom is 0.326 e. The number of ether oxygens (including phenoxy) is 2. The number of hydrogen-bond acceptors (Lipinski definition) is 5. The lowest BCUT2D eigenvalue weighted by molar-refractivity contribution is -0.149. The van der Waals surface area contributed by atoms with Gasteiger partial charge in [0.15, 0.2) is 0 Å². The Morgan fingerprint density at radius 2 is 2.00 bits per heavy atom. The molecule has 7 heteroatoms. The molecule has 114 valence electrons. The standard InChI is InChI=1S/C13H21NO6/c1-3-20-9-4-8(5-9)6-11(15)14-10(13(17)18)7-12(16)19-2/h8-10H,3-7H2,1-2H3,(H,14,15)(H,17,18)/t8?,9?,10-/m0/s1. The number of nitrogens with one attached hydrogen (secondary N) is 1. The lowest BCUT2D eigenvalue weighted by Gasteiger charge is -2.34. The van der Waals surface area contributed by atoms with Gasteiger partial charge in [-0.15, -0.1) is 0 Å².